The van der Waals surface area contributed by atoms with Crippen molar-refractivity contribution in [3.05, 3.63) is 46.8 Å². The van der Waals surface area contributed by atoms with Gasteiger partial charge in [-0.1, -0.05) is 69.7 Å². The molecule has 0 nitrogen and oxygen atoms in total. The largest absolute Gasteiger partial charge is 0.207 e. The van der Waals surface area contributed by atoms with Crippen LogP contribution in [0, 0.1) is 11.2 Å². The zero-order valence-corrected chi connectivity index (χ0v) is 19.1. The van der Waals surface area contributed by atoms with Gasteiger partial charge in [0.2, 0.25) is 0 Å². The summed E-state index contributed by atoms with van der Waals surface area (Å²) in [4.78, 5) is 0. The molecule has 2 aliphatic rings. The van der Waals surface area contributed by atoms with E-state index in [2.05, 4.69) is 19.1 Å². The van der Waals surface area contributed by atoms with Crippen molar-refractivity contribution in [2.75, 3.05) is 0 Å². The number of hydrogen-bond donors (Lipinski definition) is 0. The van der Waals surface area contributed by atoms with Crippen LogP contribution < -0.4 is 0 Å². The third kappa shape index (κ3) is 6.43. The maximum Gasteiger partial charge on any atom is 0.126 e. The first kappa shape index (κ1) is 22.6. The monoisotopic (exact) mass is 398 g/mol. The first-order valence-electron chi connectivity index (χ1n) is 12.6. The van der Waals surface area contributed by atoms with Gasteiger partial charge in [-0.05, 0) is 99.2 Å². The third-order valence-electron chi connectivity index (χ3n) is 7.82. The van der Waals surface area contributed by atoms with E-state index in [1.54, 1.807) is 5.57 Å². The molecule has 0 N–H and O–H groups in total. The quantitative estimate of drug-likeness (QED) is 0.344. The van der Waals surface area contributed by atoms with Gasteiger partial charge in [0.05, 0.1) is 0 Å². The minimum Gasteiger partial charge on any atom is -0.207 e. The van der Waals surface area contributed by atoms with E-state index in [1.165, 1.54) is 95.5 Å². The van der Waals surface area contributed by atoms with E-state index in [4.69, 9.17) is 0 Å². The average molecular weight is 399 g/mol. The standard InChI is InChI=1S/C28H43F/c1-3-5-17-28(18-10-7-11-19-28)20-16-26(21-23-12-8-6-9-13-23)25-15-14-24(4-2)27(29)22-25/h12,14-15,22,26H,3-11,13,16-21H2,1-2H3. The number of unbranched alkanes of at least 4 members (excludes halogenated alkanes) is 1. The van der Waals surface area contributed by atoms with E-state index in [0.717, 1.165) is 18.4 Å². The van der Waals surface area contributed by atoms with Crippen molar-refractivity contribution in [3.8, 4) is 0 Å². The third-order valence-corrected chi connectivity index (χ3v) is 7.82. The molecule has 1 aromatic rings. The molecule has 2 aliphatic carbocycles. The Hall–Kier alpha value is -1.11. The molecule has 0 aliphatic heterocycles. The van der Waals surface area contributed by atoms with E-state index >= 15 is 0 Å². The van der Waals surface area contributed by atoms with E-state index in [1.807, 2.05) is 19.1 Å². The van der Waals surface area contributed by atoms with E-state index < -0.39 is 0 Å². The highest BCUT2D eigenvalue weighted by atomic mass is 19.1. The Labute approximate surface area is 179 Å². The molecule has 0 radical (unpaired) electrons. The van der Waals surface area contributed by atoms with Crippen LogP contribution in [-0.4, -0.2) is 0 Å². The molecule has 0 saturated heterocycles. The lowest BCUT2D eigenvalue weighted by Gasteiger charge is -2.39. The van der Waals surface area contributed by atoms with Crippen molar-refractivity contribution >= 4 is 0 Å². The highest BCUT2D eigenvalue weighted by Gasteiger charge is 2.32. The van der Waals surface area contributed by atoms with Gasteiger partial charge < -0.3 is 0 Å². The molecule has 1 fully saturated rings. The minimum absolute atomic E-state index is 0.00554. The van der Waals surface area contributed by atoms with Gasteiger partial charge in [0.15, 0.2) is 0 Å². The summed E-state index contributed by atoms with van der Waals surface area (Å²) in [6, 6.07) is 6.14. The first-order chi connectivity index (χ1) is 14.2. The highest BCUT2D eigenvalue weighted by molar-refractivity contribution is 5.28. The van der Waals surface area contributed by atoms with Gasteiger partial charge in [-0.2, -0.15) is 0 Å². The van der Waals surface area contributed by atoms with E-state index in [0.29, 0.717) is 11.3 Å². The number of rotatable bonds is 10. The van der Waals surface area contributed by atoms with Gasteiger partial charge in [0, 0.05) is 0 Å². The molecule has 162 valence electrons. The maximum absolute atomic E-state index is 14.6. The molecular weight excluding hydrogens is 355 g/mol. The Bertz CT molecular complexity index is 650. The summed E-state index contributed by atoms with van der Waals surface area (Å²) < 4.78 is 14.6. The zero-order chi connectivity index (χ0) is 20.5. The van der Waals surface area contributed by atoms with Crippen LogP contribution >= 0.6 is 0 Å². The number of halogens is 1. The van der Waals surface area contributed by atoms with Crippen molar-refractivity contribution in [3.63, 3.8) is 0 Å². The summed E-state index contributed by atoms with van der Waals surface area (Å²) >= 11 is 0. The Morgan fingerprint density at radius 3 is 2.48 bits per heavy atom. The second-order valence-corrected chi connectivity index (χ2v) is 9.92. The van der Waals surface area contributed by atoms with Crippen molar-refractivity contribution in [1.29, 1.82) is 0 Å². The van der Waals surface area contributed by atoms with Crippen LogP contribution in [0.4, 0.5) is 4.39 Å². The van der Waals surface area contributed by atoms with Crippen LogP contribution in [0.25, 0.3) is 0 Å². The molecule has 1 aromatic carbocycles. The van der Waals surface area contributed by atoms with Crippen LogP contribution in [0.15, 0.2) is 29.8 Å². The fourth-order valence-electron chi connectivity index (χ4n) is 5.86. The Kier molecular flexibility index (Phi) is 8.82. The fraction of sp³-hybridized carbons (Fsp3) is 0.714. The molecule has 1 heteroatoms. The molecule has 0 heterocycles. The summed E-state index contributed by atoms with van der Waals surface area (Å²) in [7, 11) is 0. The number of hydrogen-bond acceptors (Lipinski definition) is 0. The van der Waals surface area contributed by atoms with Crippen LogP contribution in [-0.2, 0) is 6.42 Å². The number of allylic oxidation sites excluding steroid dienone is 2. The van der Waals surface area contributed by atoms with E-state index in [-0.39, 0.29) is 5.82 Å². The molecule has 0 amide bonds. The molecule has 3 rings (SSSR count). The topological polar surface area (TPSA) is 0 Å². The molecule has 0 spiro atoms. The molecule has 1 saturated carbocycles. The van der Waals surface area contributed by atoms with Gasteiger partial charge in [0.1, 0.15) is 5.82 Å². The second-order valence-electron chi connectivity index (χ2n) is 9.92. The summed E-state index contributed by atoms with van der Waals surface area (Å²) in [5, 5.41) is 0. The smallest absolute Gasteiger partial charge is 0.126 e. The Balaban J connectivity index is 1.76. The first-order valence-corrected chi connectivity index (χ1v) is 12.6. The molecule has 1 unspecified atom stereocenters. The van der Waals surface area contributed by atoms with Crippen LogP contribution in [0.1, 0.15) is 127 Å². The predicted octanol–water partition coefficient (Wildman–Crippen LogP) is 9.28. The Morgan fingerprint density at radius 1 is 1.00 bits per heavy atom. The lowest BCUT2D eigenvalue weighted by Crippen LogP contribution is -2.25. The normalized spacial score (nSPS) is 20.3. The lowest BCUT2D eigenvalue weighted by atomic mass is 9.67. The van der Waals surface area contributed by atoms with Crippen molar-refractivity contribution in [2.24, 2.45) is 5.41 Å². The molecule has 29 heavy (non-hydrogen) atoms. The van der Waals surface area contributed by atoms with Crippen molar-refractivity contribution < 1.29 is 4.39 Å². The van der Waals surface area contributed by atoms with Crippen molar-refractivity contribution in [1.82, 2.24) is 0 Å². The summed E-state index contributed by atoms with van der Waals surface area (Å²) in [5.41, 5.74) is 4.30. The highest BCUT2D eigenvalue weighted by Crippen LogP contribution is 2.46. The van der Waals surface area contributed by atoms with Gasteiger partial charge in [-0.3, -0.25) is 0 Å². The maximum atomic E-state index is 14.6. The van der Waals surface area contributed by atoms with Crippen LogP contribution in [0.5, 0.6) is 0 Å². The van der Waals surface area contributed by atoms with Gasteiger partial charge >= 0.3 is 0 Å². The summed E-state index contributed by atoms with van der Waals surface area (Å²) in [6.45, 7) is 4.37. The van der Waals surface area contributed by atoms with Crippen LogP contribution in [0.2, 0.25) is 0 Å². The van der Waals surface area contributed by atoms with Gasteiger partial charge in [-0.15, -0.1) is 0 Å². The SMILES string of the molecule is CCCCC1(CCC(CC2=CCCCC2)c2ccc(CC)c(F)c2)CCCCC1. The Morgan fingerprint density at radius 2 is 1.83 bits per heavy atom. The second kappa shape index (κ2) is 11.3. The van der Waals surface area contributed by atoms with Crippen molar-refractivity contribution in [2.45, 2.75) is 122 Å². The van der Waals surface area contributed by atoms with E-state index in [9.17, 15) is 4.39 Å². The minimum atomic E-state index is 0.00554. The average Bonchev–Trinajstić information content (AvgIpc) is 2.76. The number of aryl methyl sites for hydroxylation is 1. The number of benzene rings is 1. The van der Waals surface area contributed by atoms with Crippen LogP contribution in [0.3, 0.4) is 0 Å². The molecule has 1 atom stereocenters. The summed E-state index contributed by atoms with van der Waals surface area (Å²) in [5.74, 6) is 0.492. The molecule has 0 bridgehead atoms. The van der Waals surface area contributed by atoms with Gasteiger partial charge in [0.25, 0.3) is 0 Å². The predicted molar refractivity (Wildman–Crippen MR) is 124 cm³/mol. The summed E-state index contributed by atoms with van der Waals surface area (Å²) in [6.07, 6.45) is 23.3. The molecule has 0 aromatic heterocycles. The van der Waals surface area contributed by atoms with Gasteiger partial charge in [-0.25, -0.2) is 4.39 Å². The molecular formula is C28H43F. The lowest BCUT2D eigenvalue weighted by molar-refractivity contribution is 0.145. The zero-order valence-electron chi connectivity index (χ0n) is 19.1. The fourth-order valence-corrected chi connectivity index (χ4v) is 5.86.